The topological polar surface area (TPSA) is 20.3 Å². The fourth-order valence-corrected chi connectivity index (χ4v) is 2.16. The third-order valence-corrected chi connectivity index (χ3v) is 2.80. The van der Waals surface area contributed by atoms with Crippen LogP contribution in [0.15, 0.2) is 18.2 Å². The van der Waals surface area contributed by atoms with Crippen molar-refractivity contribution < 1.29 is 4.79 Å². The molecule has 1 aromatic carbocycles. The van der Waals surface area contributed by atoms with E-state index in [9.17, 15) is 4.79 Å². The molecule has 0 atom stereocenters. The zero-order valence-electron chi connectivity index (χ0n) is 8.71. The van der Waals surface area contributed by atoms with E-state index >= 15 is 0 Å². The SMILES string of the molecule is CC(=O)N1CCCc2cccc(C)c21. The van der Waals surface area contributed by atoms with Gasteiger partial charge in [-0.2, -0.15) is 0 Å². The number of aryl methyl sites for hydroxylation is 2. The van der Waals surface area contributed by atoms with E-state index in [1.165, 1.54) is 11.1 Å². The molecule has 1 heterocycles. The molecule has 0 aliphatic carbocycles. The molecule has 14 heavy (non-hydrogen) atoms. The van der Waals surface area contributed by atoms with E-state index in [-0.39, 0.29) is 5.91 Å². The van der Waals surface area contributed by atoms with E-state index in [1.54, 1.807) is 6.92 Å². The second-order valence-electron chi connectivity index (χ2n) is 3.86. The van der Waals surface area contributed by atoms with Crippen LogP contribution in [0, 0.1) is 6.92 Å². The number of para-hydroxylation sites is 1. The quantitative estimate of drug-likeness (QED) is 0.613. The molecule has 0 spiro atoms. The summed E-state index contributed by atoms with van der Waals surface area (Å²) in [6.07, 6.45) is 2.18. The number of amides is 1. The van der Waals surface area contributed by atoms with E-state index in [0.717, 1.165) is 25.1 Å². The molecule has 1 aliphatic rings. The maximum absolute atomic E-state index is 11.4. The molecule has 74 valence electrons. The molecule has 0 bridgehead atoms. The molecule has 2 rings (SSSR count). The summed E-state index contributed by atoms with van der Waals surface area (Å²) in [6, 6.07) is 6.26. The second kappa shape index (κ2) is 3.45. The third-order valence-electron chi connectivity index (χ3n) is 2.80. The first kappa shape index (κ1) is 9.25. The average molecular weight is 189 g/mol. The van der Waals surface area contributed by atoms with E-state index in [0.29, 0.717) is 0 Å². The van der Waals surface area contributed by atoms with Crippen LogP contribution >= 0.6 is 0 Å². The van der Waals surface area contributed by atoms with Crippen LogP contribution in [0.4, 0.5) is 5.69 Å². The Morgan fingerprint density at radius 1 is 1.43 bits per heavy atom. The number of rotatable bonds is 0. The van der Waals surface area contributed by atoms with Crippen molar-refractivity contribution in [1.29, 1.82) is 0 Å². The molecular weight excluding hydrogens is 174 g/mol. The van der Waals surface area contributed by atoms with Gasteiger partial charge in [0.2, 0.25) is 5.91 Å². The van der Waals surface area contributed by atoms with Crippen molar-refractivity contribution in [2.24, 2.45) is 0 Å². The molecular formula is C12H15NO. The van der Waals surface area contributed by atoms with Gasteiger partial charge in [0, 0.05) is 19.2 Å². The lowest BCUT2D eigenvalue weighted by Crippen LogP contribution is -2.34. The summed E-state index contributed by atoms with van der Waals surface area (Å²) >= 11 is 0. The van der Waals surface area contributed by atoms with Gasteiger partial charge in [-0.1, -0.05) is 18.2 Å². The summed E-state index contributed by atoms with van der Waals surface area (Å²) in [6.45, 7) is 4.58. The zero-order chi connectivity index (χ0) is 10.1. The maximum atomic E-state index is 11.4. The smallest absolute Gasteiger partial charge is 0.223 e. The highest BCUT2D eigenvalue weighted by molar-refractivity contribution is 5.93. The first-order chi connectivity index (χ1) is 6.70. The van der Waals surface area contributed by atoms with Gasteiger partial charge < -0.3 is 4.90 Å². The molecule has 0 saturated carbocycles. The van der Waals surface area contributed by atoms with E-state index < -0.39 is 0 Å². The summed E-state index contributed by atoms with van der Waals surface area (Å²) in [5.74, 6) is 0.153. The molecule has 1 aromatic rings. The van der Waals surface area contributed by atoms with E-state index in [1.807, 2.05) is 4.90 Å². The van der Waals surface area contributed by atoms with E-state index in [2.05, 4.69) is 25.1 Å². The Hall–Kier alpha value is -1.31. The van der Waals surface area contributed by atoms with E-state index in [4.69, 9.17) is 0 Å². The Morgan fingerprint density at radius 2 is 2.21 bits per heavy atom. The van der Waals surface area contributed by atoms with Crippen LogP contribution in [0.2, 0.25) is 0 Å². The van der Waals surface area contributed by atoms with Crippen LogP contribution < -0.4 is 4.90 Å². The highest BCUT2D eigenvalue weighted by Crippen LogP contribution is 2.30. The van der Waals surface area contributed by atoms with Gasteiger partial charge in [-0.15, -0.1) is 0 Å². The van der Waals surface area contributed by atoms with Crippen molar-refractivity contribution in [1.82, 2.24) is 0 Å². The van der Waals surface area contributed by atoms with Crippen LogP contribution in [-0.2, 0) is 11.2 Å². The fraction of sp³-hybridized carbons (Fsp3) is 0.417. The lowest BCUT2D eigenvalue weighted by molar-refractivity contribution is -0.116. The summed E-state index contributed by atoms with van der Waals surface area (Å²) in [5.41, 5.74) is 3.66. The van der Waals surface area contributed by atoms with Crippen LogP contribution in [-0.4, -0.2) is 12.5 Å². The Balaban J connectivity index is 2.52. The number of benzene rings is 1. The Morgan fingerprint density at radius 3 is 2.93 bits per heavy atom. The minimum atomic E-state index is 0.153. The van der Waals surface area contributed by atoms with Gasteiger partial charge in [-0.05, 0) is 30.9 Å². The minimum Gasteiger partial charge on any atom is -0.312 e. The number of anilines is 1. The fourth-order valence-electron chi connectivity index (χ4n) is 2.16. The first-order valence-electron chi connectivity index (χ1n) is 5.07. The van der Waals surface area contributed by atoms with Crippen molar-refractivity contribution in [3.63, 3.8) is 0 Å². The largest absolute Gasteiger partial charge is 0.312 e. The highest BCUT2D eigenvalue weighted by atomic mass is 16.2. The summed E-state index contributed by atoms with van der Waals surface area (Å²) in [5, 5.41) is 0. The highest BCUT2D eigenvalue weighted by Gasteiger charge is 2.20. The molecule has 0 fully saturated rings. The Kier molecular flexibility index (Phi) is 2.28. The monoisotopic (exact) mass is 189 g/mol. The molecule has 0 saturated heterocycles. The number of hydrogen-bond acceptors (Lipinski definition) is 1. The van der Waals surface area contributed by atoms with Crippen molar-refractivity contribution in [2.45, 2.75) is 26.7 Å². The Bertz CT molecular complexity index is 371. The van der Waals surface area contributed by atoms with Gasteiger partial charge in [0.05, 0.1) is 0 Å². The lowest BCUT2D eigenvalue weighted by Gasteiger charge is -2.30. The van der Waals surface area contributed by atoms with Crippen molar-refractivity contribution >= 4 is 11.6 Å². The van der Waals surface area contributed by atoms with Crippen LogP contribution in [0.1, 0.15) is 24.5 Å². The molecule has 2 nitrogen and oxygen atoms in total. The standard InChI is InChI=1S/C12H15NO/c1-9-5-3-6-11-7-4-8-13(10(2)14)12(9)11/h3,5-6H,4,7-8H2,1-2H3. The lowest BCUT2D eigenvalue weighted by atomic mass is 9.98. The molecule has 1 aliphatic heterocycles. The predicted octanol–water partition coefficient (Wildman–Crippen LogP) is 2.29. The summed E-state index contributed by atoms with van der Waals surface area (Å²) in [7, 11) is 0. The normalized spacial score (nSPS) is 15.1. The number of carbonyl (C=O) groups is 1. The van der Waals surface area contributed by atoms with Crippen molar-refractivity contribution in [3.8, 4) is 0 Å². The maximum Gasteiger partial charge on any atom is 0.223 e. The molecule has 0 unspecified atom stereocenters. The predicted molar refractivity (Wildman–Crippen MR) is 57.5 cm³/mol. The Labute approximate surface area is 84.5 Å². The van der Waals surface area contributed by atoms with Gasteiger partial charge in [0.25, 0.3) is 0 Å². The summed E-state index contributed by atoms with van der Waals surface area (Å²) in [4.78, 5) is 13.3. The van der Waals surface area contributed by atoms with Crippen LogP contribution in [0.3, 0.4) is 0 Å². The summed E-state index contributed by atoms with van der Waals surface area (Å²) < 4.78 is 0. The van der Waals surface area contributed by atoms with Gasteiger partial charge >= 0.3 is 0 Å². The van der Waals surface area contributed by atoms with Crippen LogP contribution in [0.25, 0.3) is 0 Å². The third kappa shape index (κ3) is 1.41. The number of nitrogens with zero attached hydrogens (tertiary/aromatic N) is 1. The zero-order valence-corrected chi connectivity index (χ0v) is 8.71. The number of hydrogen-bond donors (Lipinski definition) is 0. The van der Waals surface area contributed by atoms with Gasteiger partial charge in [0.15, 0.2) is 0 Å². The van der Waals surface area contributed by atoms with Gasteiger partial charge in [-0.25, -0.2) is 0 Å². The average Bonchev–Trinajstić information content (AvgIpc) is 2.17. The van der Waals surface area contributed by atoms with Crippen molar-refractivity contribution in [2.75, 3.05) is 11.4 Å². The molecule has 0 aromatic heterocycles. The molecule has 0 radical (unpaired) electrons. The number of fused-ring (bicyclic) bond motifs is 1. The first-order valence-corrected chi connectivity index (χ1v) is 5.07. The van der Waals surface area contributed by atoms with Crippen molar-refractivity contribution in [3.05, 3.63) is 29.3 Å². The van der Waals surface area contributed by atoms with Gasteiger partial charge in [0.1, 0.15) is 0 Å². The van der Waals surface area contributed by atoms with Gasteiger partial charge in [-0.3, -0.25) is 4.79 Å². The molecule has 2 heteroatoms. The molecule has 1 amide bonds. The number of carbonyl (C=O) groups excluding carboxylic acids is 1. The van der Waals surface area contributed by atoms with Crippen LogP contribution in [0.5, 0.6) is 0 Å². The second-order valence-corrected chi connectivity index (χ2v) is 3.86. The molecule has 0 N–H and O–H groups in total. The minimum absolute atomic E-state index is 0.153.